The summed E-state index contributed by atoms with van der Waals surface area (Å²) in [4.78, 5) is 4.15. The molecule has 0 bridgehead atoms. The number of hydrogen-bond donors (Lipinski definition) is 1. The van der Waals surface area contributed by atoms with Crippen molar-refractivity contribution in [3.8, 4) is 11.3 Å². The molecule has 0 saturated heterocycles. The molecule has 84 valence electrons. The highest BCUT2D eigenvalue weighted by molar-refractivity contribution is 9.10. The molecule has 1 N–H and O–H groups in total. The molecule has 0 fully saturated rings. The van der Waals surface area contributed by atoms with Crippen molar-refractivity contribution in [3.63, 3.8) is 0 Å². The van der Waals surface area contributed by atoms with E-state index in [1.54, 1.807) is 0 Å². The van der Waals surface area contributed by atoms with Gasteiger partial charge < -0.3 is 9.73 Å². The maximum absolute atomic E-state index is 6.04. The lowest BCUT2D eigenvalue weighted by molar-refractivity contribution is 0.570. The van der Waals surface area contributed by atoms with Crippen molar-refractivity contribution in [2.45, 2.75) is 6.54 Å². The van der Waals surface area contributed by atoms with Crippen molar-refractivity contribution in [1.29, 1.82) is 0 Å². The molecule has 16 heavy (non-hydrogen) atoms. The summed E-state index contributed by atoms with van der Waals surface area (Å²) in [6.07, 6.45) is 1.44. The van der Waals surface area contributed by atoms with E-state index in [2.05, 4.69) is 26.2 Å². The Morgan fingerprint density at radius 3 is 3.00 bits per heavy atom. The Hall–Kier alpha value is -0.840. The van der Waals surface area contributed by atoms with E-state index in [1.165, 1.54) is 6.39 Å². The van der Waals surface area contributed by atoms with Gasteiger partial charge in [-0.05, 0) is 41.2 Å². The predicted octanol–water partition coefficient (Wildman–Crippen LogP) is 3.48. The molecule has 0 amide bonds. The van der Waals surface area contributed by atoms with Gasteiger partial charge in [0.1, 0.15) is 5.69 Å². The first-order valence-electron chi connectivity index (χ1n) is 4.74. The summed E-state index contributed by atoms with van der Waals surface area (Å²) in [5, 5.41) is 3.70. The van der Waals surface area contributed by atoms with Crippen molar-refractivity contribution in [3.05, 3.63) is 39.8 Å². The number of aromatic nitrogens is 1. The van der Waals surface area contributed by atoms with Crippen molar-refractivity contribution in [2.75, 3.05) is 7.05 Å². The van der Waals surface area contributed by atoms with E-state index in [-0.39, 0.29) is 0 Å². The molecule has 0 aliphatic rings. The van der Waals surface area contributed by atoms with Gasteiger partial charge in [-0.3, -0.25) is 0 Å². The molecular weight excluding hydrogens is 291 g/mol. The van der Waals surface area contributed by atoms with Crippen LogP contribution in [-0.4, -0.2) is 12.0 Å². The minimum atomic E-state index is 0.657. The van der Waals surface area contributed by atoms with Gasteiger partial charge in [0.05, 0.1) is 5.02 Å². The van der Waals surface area contributed by atoms with Gasteiger partial charge in [-0.2, -0.15) is 0 Å². The number of benzene rings is 1. The summed E-state index contributed by atoms with van der Waals surface area (Å²) in [6.45, 7) is 0.666. The number of hydrogen-bond acceptors (Lipinski definition) is 3. The van der Waals surface area contributed by atoms with E-state index in [9.17, 15) is 0 Å². The Bertz CT molecular complexity index is 498. The van der Waals surface area contributed by atoms with Crippen LogP contribution in [-0.2, 0) is 6.54 Å². The van der Waals surface area contributed by atoms with Crippen LogP contribution < -0.4 is 5.32 Å². The summed E-state index contributed by atoms with van der Waals surface area (Å²) < 4.78 is 6.24. The lowest BCUT2D eigenvalue weighted by atomic mass is 10.1. The Labute approximate surface area is 107 Å². The molecule has 1 heterocycles. The van der Waals surface area contributed by atoms with Crippen LogP contribution in [0.2, 0.25) is 5.02 Å². The highest BCUT2D eigenvalue weighted by Gasteiger charge is 2.11. The molecule has 0 atom stereocenters. The van der Waals surface area contributed by atoms with Crippen LogP contribution in [0.5, 0.6) is 0 Å². The lowest BCUT2D eigenvalue weighted by Gasteiger charge is -2.02. The highest BCUT2D eigenvalue weighted by Crippen LogP contribution is 2.30. The summed E-state index contributed by atoms with van der Waals surface area (Å²) in [5.74, 6) is 0.753. The SMILES string of the molecule is CNCc1ncoc1-c1ccc(Br)c(Cl)c1. The normalized spacial score (nSPS) is 10.7. The molecule has 2 rings (SSSR count). The van der Waals surface area contributed by atoms with Gasteiger partial charge >= 0.3 is 0 Å². The van der Waals surface area contributed by atoms with Gasteiger partial charge in [0.25, 0.3) is 0 Å². The zero-order valence-electron chi connectivity index (χ0n) is 8.63. The molecule has 1 aromatic heterocycles. The Morgan fingerprint density at radius 1 is 1.50 bits per heavy atom. The van der Waals surface area contributed by atoms with Crippen LogP contribution in [0, 0.1) is 0 Å². The second-order valence-electron chi connectivity index (χ2n) is 3.29. The average Bonchev–Trinajstić information content (AvgIpc) is 2.71. The molecule has 0 spiro atoms. The fourth-order valence-corrected chi connectivity index (χ4v) is 1.86. The van der Waals surface area contributed by atoms with Crippen LogP contribution in [0.4, 0.5) is 0 Å². The molecule has 0 unspecified atom stereocenters. The summed E-state index contributed by atoms with van der Waals surface area (Å²) >= 11 is 9.39. The Morgan fingerprint density at radius 2 is 2.31 bits per heavy atom. The molecular formula is C11H10BrClN2O. The van der Waals surface area contributed by atoms with Gasteiger partial charge in [-0.25, -0.2) is 4.98 Å². The first-order valence-corrected chi connectivity index (χ1v) is 5.92. The van der Waals surface area contributed by atoms with Gasteiger partial charge in [-0.1, -0.05) is 11.6 Å². The third-order valence-electron chi connectivity index (χ3n) is 2.17. The van der Waals surface area contributed by atoms with Crippen LogP contribution in [0.3, 0.4) is 0 Å². The number of nitrogens with one attached hydrogen (secondary N) is 1. The lowest BCUT2D eigenvalue weighted by Crippen LogP contribution is -2.06. The molecule has 0 aliphatic carbocycles. The second kappa shape index (κ2) is 4.99. The number of halogens is 2. The van der Waals surface area contributed by atoms with E-state index in [1.807, 2.05) is 25.2 Å². The van der Waals surface area contributed by atoms with Gasteiger partial charge in [0.2, 0.25) is 0 Å². The first kappa shape index (κ1) is 11.6. The smallest absolute Gasteiger partial charge is 0.181 e. The topological polar surface area (TPSA) is 38.1 Å². The van der Waals surface area contributed by atoms with E-state index in [0.717, 1.165) is 21.5 Å². The third-order valence-corrected chi connectivity index (χ3v) is 3.40. The van der Waals surface area contributed by atoms with Crippen LogP contribution >= 0.6 is 27.5 Å². The first-order chi connectivity index (χ1) is 7.72. The zero-order valence-corrected chi connectivity index (χ0v) is 11.0. The standard InChI is InChI=1S/C11H10BrClN2O/c1-14-5-10-11(16-6-15-10)7-2-3-8(12)9(13)4-7/h2-4,6,14H,5H2,1H3. The van der Waals surface area contributed by atoms with E-state index >= 15 is 0 Å². The third kappa shape index (κ3) is 2.29. The number of nitrogens with zero attached hydrogens (tertiary/aromatic N) is 1. The van der Waals surface area contributed by atoms with Crippen LogP contribution in [0.1, 0.15) is 5.69 Å². The Balaban J connectivity index is 2.42. The molecule has 2 aromatic rings. The maximum atomic E-state index is 6.04. The van der Waals surface area contributed by atoms with Crippen LogP contribution in [0.25, 0.3) is 11.3 Å². The van der Waals surface area contributed by atoms with Gasteiger partial charge in [-0.15, -0.1) is 0 Å². The summed E-state index contributed by atoms with van der Waals surface area (Å²) in [5.41, 5.74) is 1.80. The molecule has 0 saturated carbocycles. The van der Waals surface area contributed by atoms with Crippen molar-refractivity contribution < 1.29 is 4.42 Å². The van der Waals surface area contributed by atoms with E-state index < -0.39 is 0 Å². The Kier molecular flexibility index (Phi) is 3.63. The predicted molar refractivity (Wildman–Crippen MR) is 67.4 cm³/mol. The van der Waals surface area contributed by atoms with Crippen molar-refractivity contribution in [2.24, 2.45) is 0 Å². The van der Waals surface area contributed by atoms with Crippen LogP contribution in [0.15, 0.2) is 33.5 Å². The van der Waals surface area contributed by atoms with Gasteiger partial charge in [0, 0.05) is 16.6 Å². The molecule has 5 heteroatoms. The molecule has 1 aromatic carbocycles. The van der Waals surface area contributed by atoms with E-state index in [4.69, 9.17) is 16.0 Å². The minimum absolute atomic E-state index is 0.657. The molecule has 3 nitrogen and oxygen atoms in total. The average molecular weight is 302 g/mol. The molecule has 0 radical (unpaired) electrons. The van der Waals surface area contributed by atoms with Crippen molar-refractivity contribution in [1.82, 2.24) is 10.3 Å². The maximum Gasteiger partial charge on any atom is 0.181 e. The fourth-order valence-electron chi connectivity index (χ4n) is 1.43. The summed E-state index contributed by atoms with van der Waals surface area (Å²) in [6, 6.07) is 5.68. The number of rotatable bonds is 3. The largest absolute Gasteiger partial charge is 0.443 e. The second-order valence-corrected chi connectivity index (χ2v) is 4.55. The van der Waals surface area contributed by atoms with Gasteiger partial charge in [0.15, 0.2) is 12.2 Å². The van der Waals surface area contributed by atoms with Crippen molar-refractivity contribution >= 4 is 27.5 Å². The minimum Gasteiger partial charge on any atom is -0.443 e. The highest BCUT2D eigenvalue weighted by atomic mass is 79.9. The monoisotopic (exact) mass is 300 g/mol. The quantitative estimate of drug-likeness (QED) is 0.943. The number of oxazole rings is 1. The molecule has 0 aliphatic heterocycles. The fraction of sp³-hybridized carbons (Fsp3) is 0.182. The summed E-state index contributed by atoms with van der Waals surface area (Å²) in [7, 11) is 1.87. The zero-order chi connectivity index (χ0) is 11.5. The van der Waals surface area contributed by atoms with E-state index in [0.29, 0.717) is 11.6 Å².